The molecule has 0 radical (unpaired) electrons. The average molecular weight is 454 g/mol. The Hall–Kier alpha value is -1.97. The number of carbonyl (C=O) groups is 2. The number of benzene rings is 1. The standard InChI is InChI=1S/C22H35N3O5S/c1-24(18-21(26)23-14-7-17-30-2)22(27)13-10-19-8-11-20(12-9-19)31(28,29)25-15-5-3-4-6-16-25/h8-9,11-12H,3-7,10,13-18H2,1-2H3,(H,23,26). The quantitative estimate of drug-likeness (QED) is 0.516. The number of ether oxygens (including phenoxy) is 1. The van der Waals surface area contributed by atoms with Gasteiger partial charge in [0.15, 0.2) is 0 Å². The second-order valence-electron chi connectivity index (χ2n) is 7.91. The van der Waals surface area contributed by atoms with Gasteiger partial charge in [0.1, 0.15) is 0 Å². The summed E-state index contributed by atoms with van der Waals surface area (Å²) in [7, 11) is -0.253. The summed E-state index contributed by atoms with van der Waals surface area (Å²) in [6, 6.07) is 6.77. The minimum Gasteiger partial charge on any atom is -0.385 e. The molecular weight excluding hydrogens is 418 g/mol. The zero-order chi connectivity index (χ0) is 22.7. The SMILES string of the molecule is COCCCNC(=O)CN(C)C(=O)CCc1ccc(S(=O)(=O)N2CCCCCC2)cc1. The van der Waals surface area contributed by atoms with Crippen molar-refractivity contribution in [2.45, 2.75) is 49.8 Å². The lowest BCUT2D eigenvalue weighted by Crippen LogP contribution is -2.38. The van der Waals surface area contributed by atoms with Gasteiger partial charge in [0.05, 0.1) is 11.4 Å². The number of aryl methyl sites for hydroxylation is 1. The highest BCUT2D eigenvalue weighted by Gasteiger charge is 2.25. The van der Waals surface area contributed by atoms with Crippen LogP contribution in [0.15, 0.2) is 29.2 Å². The molecule has 1 heterocycles. The summed E-state index contributed by atoms with van der Waals surface area (Å²) in [5, 5.41) is 2.75. The summed E-state index contributed by atoms with van der Waals surface area (Å²) in [4.78, 5) is 25.9. The Bertz CT molecular complexity index is 803. The molecule has 1 aromatic carbocycles. The van der Waals surface area contributed by atoms with E-state index in [1.54, 1.807) is 42.7 Å². The van der Waals surface area contributed by atoms with Crippen LogP contribution in [-0.4, -0.2) is 76.4 Å². The fourth-order valence-electron chi connectivity index (χ4n) is 3.51. The molecule has 0 bridgehead atoms. The molecular formula is C22H35N3O5S. The van der Waals surface area contributed by atoms with E-state index in [-0.39, 0.29) is 24.8 Å². The van der Waals surface area contributed by atoms with E-state index in [0.717, 1.165) is 37.7 Å². The van der Waals surface area contributed by atoms with Crippen LogP contribution in [0.25, 0.3) is 0 Å². The molecule has 0 aromatic heterocycles. The number of likely N-dealkylation sites (N-methyl/N-ethyl adjacent to an activating group) is 1. The number of sulfonamides is 1. The van der Waals surface area contributed by atoms with Crippen LogP contribution in [0.1, 0.15) is 44.1 Å². The van der Waals surface area contributed by atoms with Crippen molar-refractivity contribution in [1.82, 2.24) is 14.5 Å². The van der Waals surface area contributed by atoms with Gasteiger partial charge in [-0.25, -0.2) is 8.42 Å². The number of hydrogen-bond donors (Lipinski definition) is 1. The monoisotopic (exact) mass is 453 g/mol. The minimum absolute atomic E-state index is 0.0127. The van der Waals surface area contributed by atoms with Crippen molar-refractivity contribution in [3.63, 3.8) is 0 Å². The highest BCUT2D eigenvalue weighted by molar-refractivity contribution is 7.89. The van der Waals surface area contributed by atoms with Gasteiger partial charge < -0.3 is 15.0 Å². The maximum atomic E-state index is 12.8. The molecule has 0 unspecified atom stereocenters. The number of carbonyl (C=O) groups excluding carboxylic acids is 2. The Morgan fingerprint density at radius 1 is 1.10 bits per heavy atom. The van der Waals surface area contributed by atoms with Crippen LogP contribution in [0.3, 0.4) is 0 Å². The molecule has 0 spiro atoms. The third-order valence-corrected chi connectivity index (χ3v) is 7.32. The fourth-order valence-corrected chi connectivity index (χ4v) is 5.02. The van der Waals surface area contributed by atoms with Crippen LogP contribution < -0.4 is 5.32 Å². The molecule has 8 nitrogen and oxygen atoms in total. The van der Waals surface area contributed by atoms with Crippen LogP contribution in [0.2, 0.25) is 0 Å². The number of rotatable bonds is 11. The molecule has 1 aliphatic heterocycles. The van der Waals surface area contributed by atoms with Gasteiger partial charge in [-0.2, -0.15) is 4.31 Å². The summed E-state index contributed by atoms with van der Waals surface area (Å²) in [6.45, 7) is 2.25. The van der Waals surface area contributed by atoms with Crippen molar-refractivity contribution in [1.29, 1.82) is 0 Å². The van der Waals surface area contributed by atoms with E-state index < -0.39 is 10.0 Å². The lowest BCUT2D eigenvalue weighted by molar-refractivity contribution is -0.134. The second-order valence-corrected chi connectivity index (χ2v) is 9.85. The topological polar surface area (TPSA) is 96.0 Å². The van der Waals surface area contributed by atoms with E-state index in [1.165, 1.54) is 4.90 Å². The highest BCUT2D eigenvalue weighted by atomic mass is 32.2. The Kier molecular flexibility index (Phi) is 10.4. The van der Waals surface area contributed by atoms with Gasteiger partial charge >= 0.3 is 0 Å². The largest absolute Gasteiger partial charge is 0.385 e. The summed E-state index contributed by atoms with van der Waals surface area (Å²) in [5.74, 6) is -0.330. The molecule has 1 aliphatic rings. The first-order chi connectivity index (χ1) is 14.8. The van der Waals surface area contributed by atoms with Gasteiger partial charge in [-0.1, -0.05) is 25.0 Å². The number of amides is 2. The first kappa shape index (κ1) is 25.3. The van der Waals surface area contributed by atoms with Crippen molar-refractivity contribution in [3.05, 3.63) is 29.8 Å². The number of nitrogens with zero attached hydrogens (tertiary/aromatic N) is 2. The van der Waals surface area contributed by atoms with Crippen LogP contribution in [0.4, 0.5) is 0 Å². The Morgan fingerprint density at radius 2 is 1.74 bits per heavy atom. The average Bonchev–Trinajstić information content (AvgIpc) is 3.05. The van der Waals surface area contributed by atoms with E-state index >= 15 is 0 Å². The van der Waals surface area contributed by atoms with Crippen molar-refractivity contribution >= 4 is 21.8 Å². The van der Waals surface area contributed by atoms with Crippen LogP contribution >= 0.6 is 0 Å². The molecule has 0 saturated carbocycles. The fraction of sp³-hybridized carbons (Fsp3) is 0.636. The van der Waals surface area contributed by atoms with Gasteiger partial charge in [0.25, 0.3) is 0 Å². The van der Waals surface area contributed by atoms with Gasteiger partial charge in [-0.15, -0.1) is 0 Å². The molecule has 174 valence electrons. The van der Waals surface area contributed by atoms with Crippen molar-refractivity contribution in [2.75, 3.05) is 46.9 Å². The van der Waals surface area contributed by atoms with Crippen molar-refractivity contribution < 1.29 is 22.7 Å². The highest BCUT2D eigenvalue weighted by Crippen LogP contribution is 2.21. The van der Waals surface area contributed by atoms with Crippen molar-refractivity contribution in [3.8, 4) is 0 Å². The zero-order valence-corrected chi connectivity index (χ0v) is 19.5. The van der Waals surface area contributed by atoms with Crippen LogP contribution in [0.5, 0.6) is 0 Å². The first-order valence-electron chi connectivity index (χ1n) is 10.9. The lowest BCUT2D eigenvalue weighted by atomic mass is 10.1. The van der Waals surface area contributed by atoms with Crippen LogP contribution in [0, 0.1) is 0 Å². The minimum atomic E-state index is -3.47. The predicted molar refractivity (Wildman–Crippen MR) is 119 cm³/mol. The molecule has 1 saturated heterocycles. The van der Waals surface area contributed by atoms with E-state index in [1.807, 2.05) is 0 Å². The molecule has 1 fully saturated rings. The molecule has 2 rings (SSSR count). The maximum absolute atomic E-state index is 12.8. The van der Waals surface area contributed by atoms with Crippen molar-refractivity contribution in [2.24, 2.45) is 0 Å². The summed E-state index contributed by atoms with van der Waals surface area (Å²) in [6.07, 6.45) is 5.42. The van der Waals surface area contributed by atoms with Gasteiger partial charge in [0.2, 0.25) is 21.8 Å². The molecule has 2 amide bonds. The predicted octanol–water partition coefficient (Wildman–Crippen LogP) is 1.80. The molecule has 1 aromatic rings. The molecule has 0 aliphatic carbocycles. The maximum Gasteiger partial charge on any atom is 0.243 e. The third kappa shape index (κ3) is 8.23. The second kappa shape index (κ2) is 12.8. The summed E-state index contributed by atoms with van der Waals surface area (Å²) in [5.41, 5.74) is 0.889. The Morgan fingerprint density at radius 3 is 2.35 bits per heavy atom. The van der Waals surface area contributed by atoms with Gasteiger partial charge in [-0.3, -0.25) is 9.59 Å². The van der Waals surface area contributed by atoms with E-state index in [0.29, 0.717) is 37.6 Å². The van der Waals surface area contributed by atoms with E-state index in [9.17, 15) is 18.0 Å². The smallest absolute Gasteiger partial charge is 0.243 e. The van der Waals surface area contributed by atoms with E-state index in [2.05, 4.69) is 5.32 Å². The summed E-state index contributed by atoms with van der Waals surface area (Å²) >= 11 is 0. The molecule has 31 heavy (non-hydrogen) atoms. The zero-order valence-electron chi connectivity index (χ0n) is 18.6. The third-order valence-electron chi connectivity index (χ3n) is 5.41. The van der Waals surface area contributed by atoms with Crippen LogP contribution in [-0.2, 0) is 30.8 Å². The number of nitrogens with one attached hydrogen (secondary N) is 1. The Balaban J connectivity index is 1.81. The molecule has 0 atom stereocenters. The number of methoxy groups -OCH3 is 1. The lowest BCUT2D eigenvalue weighted by Gasteiger charge is -2.20. The first-order valence-corrected chi connectivity index (χ1v) is 12.4. The molecule has 1 N–H and O–H groups in total. The number of hydrogen-bond acceptors (Lipinski definition) is 5. The van der Waals surface area contributed by atoms with E-state index in [4.69, 9.17) is 4.74 Å². The molecule has 9 heteroatoms. The van der Waals surface area contributed by atoms with Gasteiger partial charge in [-0.05, 0) is 43.4 Å². The Labute approximate surface area is 186 Å². The normalized spacial score (nSPS) is 15.3. The van der Waals surface area contributed by atoms with Gasteiger partial charge in [0, 0.05) is 46.8 Å². The summed E-state index contributed by atoms with van der Waals surface area (Å²) < 4.78 is 32.2.